The van der Waals surface area contributed by atoms with Gasteiger partial charge in [0.1, 0.15) is 0 Å². The van der Waals surface area contributed by atoms with Crippen molar-refractivity contribution in [1.82, 2.24) is 4.72 Å². The van der Waals surface area contributed by atoms with E-state index in [-0.39, 0.29) is 10.5 Å². The number of rotatable bonds is 5. The molecule has 19 heavy (non-hydrogen) atoms. The first-order valence-corrected chi connectivity index (χ1v) is 8.87. The average molecular weight is 322 g/mol. The summed E-state index contributed by atoms with van der Waals surface area (Å²) < 4.78 is 32.4. The number of halogens is 1. The average Bonchev–Trinajstić information content (AvgIpc) is 2.87. The van der Waals surface area contributed by atoms with Crippen LogP contribution >= 0.6 is 23.4 Å². The third-order valence-corrected chi connectivity index (χ3v) is 6.10. The maximum absolute atomic E-state index is 12.1. The molecule has 2 rings (SSSR count). The van der Waals surface area contributed by atoms with Gasteiger partial charge in [-0.15, -0.1) is 0 Å². The van der Waals surface area contributed by atoms with Crippen LogP contribution in [0.3, 0.4) is 0 Å². The molecule has 1 aliphatic heterocycles. The lowest BCUT2D eigenvalue weighted by Crippen LogP contribution is -2.44. The Balaban J connectivity index is 2.07. The van der Waals surface area contributed by atoms with Crippen LogP contribution in [0.4, 0.5) is 0 Å². The molecule has 1 heterocycles. The van der Waals surface area contributed by atoms with Gasteiger partial charge in [-0.05, 0) is 36.4 Å². The second-order valence-corrected chi connectivity index (χ2v) is 7.78. The highest BCUT2D eigenvalue weighted by molar-refractivity contribution is 7.99. The van der Waals surface area contributed by atoms with E-state index < -0.39 is 10.0 Å². The third kappa shape index (κ3) is 3.64. The number of thioether (sulfide) groups is 1. The smallest absolute Gasteiger partial charge is 0.240 e. The van der Waals surface area contributed by atoms with Gasteiger partial charge in [0.05, 0.1) is 10.5 Å². The van der Waals surface area contributed by atoms with Crippen LogP contribution in [-0.4, -0.2) is 39.2 Å². The van der Waals surface area contributed by atoms with Gasteiger partial charge in [0.25, 0.3) is 0 Å². The Morgan fingerprint density at radius 2 is 2.11 bits per heavy atom. The monoisotopic (exact) mass is 321 g/mol. The first kappa shape index (κ1) is 15.1. The lowest BCUT2D eigenvalue weighted by molar-refractivity contribution is 0.0179. The maximum atomic E-state index is 12.1. The number of hydrogen-bond donors (Lipinski definition) is 1. The molecule has 106 valence electrons. The molecule has 0 aliphatic carbocycles. The van der Waals surface area contributed by atoms with Crippen LogP contribution in [0.2, 0.25) is 5.02 Å². The van der Waals surface area contributed by atoms with Crippen molar-refractivity contribution in [1.29, 1.82) is 0 Å². The molecule has 0 bridgehead atoms. The van der Waals surface area contributed by atoms with E-state index in [2.05, 4.69) is 4.72 Å². The Morgan fingerprint density at radius 1 is 1.42 bits per heavy atom. The zero-order valence-electron chi connectivity index (χ0n) is 10.6. The van der Waals surface area contributed by atoms with Gasteiger partial charge in [0.15, 0.2) is 0 Å². The number of hydrogen-bond acceptors (Lipinski definition) is 4. The largest absolute Gasteiger partial charge is 0.376 e. The Kier molecular flexibility index (Phi) is 4.79. The van der Waals surface area contributed by atoms with E-state index in [1.54, 1.807) is 31.0 Å². The lowest BCUT2D eigenvalue weighted by Gasteiger charge is -2.26. The van der Waals surface area contributed by atoms with Crippen LogP contribution in [0, 0.1) is 0 Å². The van der Waals surface area contributed by atoms with Crippen LogP contribution in [0.1, 0.15) is 6.42 Å². The van der Waals surface area contributed by atoms with E-state index in [0.717, 1.165) is 17.9 Å². The highest BCUT2D eigenvalue weighted by atomic mass is 35.5. The predicted molar refractivity (Wildman–Crippen MR) is 78.3 cm³/mol. The normalized spacial score (nSPS) is 23.7. The molecular weight excluding hydrogens is 306 g/mol. The molecule has 0 amide bonds. The summed E-state index contributed by atoms with van der Waals surface area (Å²) in [7, 11) is -1.88. The number of benzene rings is 1. The van der Waals surface area contributed by atoms with Crippen molar-refractivity contribution in [2.45, 2.75) is 16.9 Å². The van der Waals surface area contributed by atoms with E-state index in [1.807, 2.05) is 0 Å². The summed E-state index contributed by atoms with van der Waals surface area (Å²) in [5, 5.41) is 0.513. The molecule has 1 atom stereocenters. The summed E-state index contributed by atoms with van der Waals surface area (Å²) >= 11 is 7.53. The highest BCUT2D eigenvalue weighted by Crippen LogP contribution is 2.30. The third-order valence-electron chi connectivity index (χ3n) is 3.21. The van der Waals surface area contributed by atoms with Gasteiger partial charge < -0.3 is 4.74 Å². The zero-order valence-corrected chi connectivity index (χ0v) is 12.9. The van der Waals surface area contributed by atoms with Crippen molar-refractivity contribution in [2.75, 3.05) is 25.2 Å². The van der Waals surface area contributed by atoms with Gasteiger partial charge in [-0.1, -0.05) is 11.6 Å². The molecule has 1 fully saturated rings. The molecular formula is C12H16ClNO3S2. The first-order valence-electron chi connectivity index (χ1n) is 5.86. The zero-order chi connectivity index (χ0) is 13.9. The SMILES string of the molecule is COC1(CNS(=O)(=O)c2ccc(Cl)cc2)CCSC1. The van der Waals surface area contributed by atoms with Gasteiger partial charge in [0.2, 0.25) is 10.0 Å². The van der Waals surface area contributed by atoms with E-state index in [1.165, 1.54) is 12.1 Å². The van der Waals surface area contributed by atoms with Crippen LogP contribution in [-0.2, 0) is 14.8 Å². The van der Waals surface area contributed by atoms with E-state index in [9.17, 15) is 8.42 Å². The second kappa shape index (κ2) is 6.01. The number of sulfonamides is 1. The molecule has 0 spiro atoms. The van der Waals surface area contributed by atoms with Crippen molar-refractivity contribution in [2.24, 2.45) is 0 Å². The molecule has 1 saturated heterocycles. The van der Waals surface area contributed by atoms with Crippen LogP contribution < -0.4 is 4.72 Å². The van der Waals surface area contributed by atoms with Gasteiger partial charge in [-0.2, -0.15) is 11.8 Å². The van der Waals surface area contributed by atoms with Crippen molar-refractivity contribution >= 4 is 33.4 Å². The highest BCUT2D eigenvalue weighted by Gasteiger charge is 2.35. The van der Waals surface area contributed by atoms with E-state index >= 15 is 0 Å². The van der Waals surface area contributed by atoms with Crippen molar-refractivity contribution in [3.8, 4) is 0 Å². The minimum absolute atomic E-state index is 0.216. The molecule has 1 aromatic rings. The molecule has 1 unspecified atom stereocenters. The van der Waals surface area contributed by atoms with Crippen LogP contribution in [0.5, 0.6) is 0 Å². The second-order valence-electron chi connectivity index (χ2n) is 4.47. The Bertz CT molecular complexity index is 524. The van der Waals surface area contributed by atoms with Gasteiger partial charge in [-0.25, -0.2) is 13.1 Å². The Morgan fingerprint density at radius 3 is 2.63 bits per heavy atom. The fourth-order valence-electron chi connectivity index (χ4n) is 1.88. The topological polar surface area (TPSA) is 55.4 Å². The van der Waals surface area contributed by atoms with Crippen molar-refractivity contribution < 1.29 is 13.2 Å². The summed E-state index contributed by atoms with van der Waals surface area (Å²) in [5.41, 5.74) is -0.385. The minimum atomic E-state index is -3.51. The van der Waals surface area contributed by atoms with Crippen molar-refractivity contribution in [3.05, 3.63) is 29.3 Å². The molecule has 1 aromatic carbocycles. The quantitative estimate of drug-likeness (QED) is 0.902. The number of nitrogens with one attached hydrogen (secondary N) is 1. The number of methoxy groups -OCH3 is 1. The van der Waals surface area contributed by atoms with Gasteiger partial charge in [0, 0.05) is 24.4 Å². The molecule has 1 N–H and O–H groups in total. The fourth-order valence-corrected chi connectivity index (χ4v) is 4.52. The van der Waals surface area contributed by atoms with Crippen molar-refractivity contribution in [3.63, 3.8) is 0 Å². The number of ether oxygens (including phenoxy) is 1. The molecule has 0 saturated carbocycles. The molecule has 0 radical (unpaired) electrons. The van der Waals surface area contributed by atoms with Crippen LogP contribution in [0.25, 0.3) is 0 Å². The lowest BCUT2D eigenvalue weighted by atomic mass is 10.0. The van der Waals surface area contributed by atoms with Gasteiger partial charge >= 0.3 is 0 Å². The standard InChI is InChI=1S/C12H16ClNO3S2/c1-17-12(6-7-18-9-12)8-14-19(15,16)11-4-2-10(13)3-5-11/h2-5,14H,6-9H2,1H3. The maximum Gasteiger partial charge on any atom is 0.240 e. The summed E-state index contributed by atoms with van der Waals surface area (Å²) in [5.74, 6) is 1.81. The molecule has 0 aromatic heterocycles. The first-order chi connectivity index (χ1) is 8.97. The molecule has 7 heteroatoms. The molecule has 1 aliphatic rings. The van der Waals surface area contributed by atoms with Gasteiger partial charge in [-0.3, -0.25) is 0 Å². The van der Waals surface area contributed by atoms with Crippen LogP contribution in [0.15, 0.2) is 29.2 Å². The summed E-state index contributed by atoms with van der Waals surface area (Å²) in [6.07, 6.45) is 0.858. The Labute approximate surface area is 122 Å². The fraction of sp³-hybridized carbons (Fsp3) is 0.500. The van der Waals surface area contributed by atoms with E-state index in [4.69, 9.17) is 16.3 Å². The summed E-state index contributed by atoms with van der Waals surface area (Å²) in [6, 6.07) is 6.11. The summed E-state index contributed by atoms with van der Waals surface area (Å²) in [6.45, 7) is 0.293. The minimum Gasteiger partial charge on any atom is -0.376 e. The molecule has 4 nitrogen and oxygen atoms in total. The van der Waals surface area contributed by atoms with E-state index in [0.29, 0.717) is 11.6 Å². The predicted octanol–water partition coefficient (Wildman–Crippen LogP) is 2.14. The Hall–Kier alpha value is -0.270. The summed E-state index contributed by atoms with van der Waals surface area (Å²) in [4.78, 5) is 0.216.